The number of nitrogens with zero attached hydrogens (tertiary/aromatic N) is 3. The summed E-state index contributed by atoms with van der Waals surface area (Å²) in [6.07, 6.45) is -0.510. The van der Waals surface area contributed by atoms with Crippen molar-refractivity contribution in [1.82, 2.24) is 14.6 Å². The molecule has 0 radical (unpaired) electrons. The Labute approximate surface area is 179 Å². The van der Waals surface area contributed by atoms with E-state index in [0.29, 0.717) is 5.52 Å². The number of nitrogens with two attached hydrogens (primary N) is 2. The van der Waals surface area contributed by atoms with E-state index in [9.17, 15) is 29.1 Å². The number of hydrogen-bond acceptors (Lipinski definition) is 13. The molecule has 0 spiro atoms. The van der Waals surface area contributed by atoms with Crippen molar-refractivity contribution in [2.45, 2.75) is 24.0 Å². The Morgan fingerprint density at radius 3 is 2.50 bits per heavy atom. The molecule has 0 aliphatic carbocycles. The minimum atomic E-state index is -5.50. The zero-order valence-corrected chi connectivity index (χ0v) is 18.5. The molecule has 1 aliphatic heterocycles. The van der Waals surface area contributed by atoms with Crippen LogP contribution in [0.1, 0.15) is 11.8 Å². The second-order valence-electron chi connectivity index (χ2n) is 6.66. The molecule has 2 aromatic rings. The van der Waals surface area contributed by atoms with Crippen molar-refractivity contribution < 1.29 is 56.8 Å². The van der Waals surface area contributed by atoms with Crippen LogP contribution < -0.4 is 11.5 Å². The highest BCUT2D eigenvalue weighted by Gasteiger charge is 2.54. The molecule has 10 N–H and O–H groups in total. The summed E-state index contributed by atoms with van der Waals surface area (Å²) < 4.78 is 41.7. The molecule has 180 valence electrons. The average molecular weight is 519 g/mol. The topological polar surface area (TPSA) is 275 Å². The van der Waals surface area contributed by atoms with E-state index in [1.807, 2.05) is 0 Å². The van der Waals surface area contributed by atoms with Gasteiger partial charge < -0.3 is 44.8 Å². The van der Waals surface area contributed by atoms with Gasteiger partial charge in [0, 0.05) is 0 Å². The number of aliphatic hydroxyl groups excluding tert-OH is 2. The van der Waals surface area contributed by atoms with Gasteiger partial charge in [0.2, 0.25) is 0 Å². The number of fused-ring (bicyclic) bond motifs is 1. The summed E-state index contributed by atoms with van der Waals surface area (Å²) in [6, 6.07) is 3.02. The number of nitrogen functional groups attached to an aromatic ring is 1. The lowest BCUT2D eigenvalue weighted by Crippen LogP contribution is -2.54. The Morgan fingerprint density at radius 1 is 1.22 bits per heavy atom. The zero-order valence-electron chi connectivity index (χ0n) is 15.8. The molecule has 2 aromatic heterocycles. The molecule has 3 rings (SSSR count). The molecule has 1 fully saturated rings. The minimum Gasteiger partial charge on any atom is -0.387 e. The van der Waals surface area contributed by atoms with E-state index in [-0.39, 0.29) is 11.5 Å². The summed E-state index contributed by atoms with van der Waals surface area (Å²) in [5.41, 5.74) is 10.1. The molecule has 0 bridgehead atoms. The molecule has 0 aromatic carbocycles. The van der Waals surface area contributed by atoms with Crippen molar-refractivity contribution in [3.63, 3.8) is 0 Å². The van der Waals surface area contributed by atoms with Crippen LogP contribution in [0.3, 0.4) is 0 Å². The average Bonchev–Trinajstić information content (AvgIpc) is 3.14. The summed E-state index contributed by atoms with van der Waals surface area (Å²) in [5.74, 6) is 0.136. The first kappa shape index (κ1) is 25.4. The minimum absolute atomic E-state index is 0.136. The fourth-order valence-corrected chi connectivity index (χ4v) is 6.25. The number of rotatable bonds is 8. The standard InChI is InChI=1S/C12H20N5O12P3/c1-30(20,28-32(24,25)29-31(21,22)23)26-4-12(14)10(19)8(18)9(27-12)6-2-3-7-11(13)15-5-16-17(6)7/h2-3,5,8-10,18-20H,1,4,14H2,(H,24,25)(H2,13,15,16)(H2,21,22,23)/t8-,9-,10-,12+,30?/m0/s1. The molecule has 0 amide bonds. The van der Waals surface area contributed by atoms with Crippen LogP contribution in [0.25, 0.3) is 5.52 Å². The van der Waals surface area contributed by atoms with E-state index in [1.165, 1.54) is 16.6 Å². The summed E-state index contributed by atoms with van der Waals surface area (Å²) in [5, 5.41) is 24.8. The van der Waals surface area contributed by atoms with E-state index in [2.05, 4.69) is 25.0 Å². The van der Waals surface area contributed by atoms with Gasteiger partial charge >= 0.3 is 15.6 Å². The van der Waals surface area contributed by atoms with Gasteiger partial charge in [-0.2, -0.15) is 9.41 Å². The van der Waals surface area contributed by atoms with Crippen LogP contribution >= 0.6 is 23.2 Å². The highest BCUT2D eigenvalue weighted by atomic mass is 31.3. The van der Waals surface area contributed by atoms with E-state index in [4.69, 9.17) is 30.5 Å². The lowest BCUT2D eigenvalue weighted by Gasteiger charge is -2.29. The van der Waals surface area contributed by atoms with Gasteiger partial charge in [-0.15, -0.1) is 0 Å². The molecule has 2 unspecified atom stereocenters. The largest absolute Gasteiger partial charge is 0.487 e. The first-order chi connectivity index (χ1) is 14.5. The Balaban J connectivity index is 1.76. The Morgan fingerprint density at radius 2 is 1.88 bits per heavy atom. The molecule has 20 heteroatoms. The van der Waals surface area contributed by atoms with Crippen LogP contribution in [0, 0.1) is 0 Å². The fraction of sp³-hybridized carbons (Fsp3) is 0.417. The fourth-order valence-electron chi connectivity index (χ4n) is 2.91. The molecular weight excluding hydrogens is 499 g/mol. The first-order valence-electron chi connectivity index (χ1n) is 8.36. The molecule has 1 aliphatic rings. The van der Waals surface area contributed by atoms with Gasteiger partial charge in [-0.1, -0.05) is 0 Å². The monoisotopic (exact) mass is 519 g/mol. The molecular formula is C12H20N5O12P3. The van der Waals surface area contributed by atoms with E-state index < -0.39 is 53.9 Å². The van der Waals surface area contributed by atoms with Gasteiger partial charge in [0.1, 0.15) is 36.8 Å². The maximum Gasteiger partial charge on any atom is 0.487 e. The van der Waals surface area contributed by atoms with Gasteiger partial charge in [0.15, 0.2) is 11.5 Å². The van der Waals surface area contributed by atoms with Crippen molar-refractivity contribution in [3.8, 4) is 0 Å². The van der Waals surface area contributed by atoms with Crippen LogP contribution in [-0.4, -0.2) is 75.2 Å². The quantitative estimate of drug-likeness (QED) is 0.178. The second-order valence-corrected chi connectivity index (χ2v) is 11.4. The number of anilines is 1. The van der Waals surface area contributed by atoms with Gasteiger partial charge in [-0.25, -0.2) is 22.9 Å². The van der Waals surface area contributed by atoms with Crippen LogP contribution in [0.4, 0.5) is 5.82 Å². The zero-order chi connectivity index (χ0) is 24.1. The number of hydrogen-bond donors (Lipinski definition) is 8. The molecule has 1 saturated heterocycles. The lowest BCUT2D eigenvalue weighted by atomic mass is 10.0. The predicted octanol–water partition coefficient (Wildman–Crippen LogP) is -1.81. The third-order valence-corrected chi connectivity index (χ3v) is 8.27. The molecule has 17 nitrogen and oxygen atoms in total. The third-order valence-electron chi connectivity index (χ3n) is 4.22. The highest BCUT2D eigenvalue weighted by Crippen LogP contribution is 2.66. The number of aromatic nitrogens is 3. The Hall–Kier alpha value is -1.26. The van der Waals surface area contributed by atoms with Crippen molar-refractivity contribution in [3.05, 3.63) is 24.2 Å². The van der Waals surface area contributed by atoms with E-state index in [1.54, 1.807) is 0 Å². The molecule has 3 heterocycles. The van der Waals surface area contributed by atoms with Gasteiger partial charge in [-0.05, 0) is 18.4 Å². The van der Waals surface area contributed by atoms with Gasteiger partial charge in [0.05, 0.1) is 5.69 Å². The van der Waals surface area contributed by atoms with Crippen molar-refractivity contribution in [1.29, 1.82) is 0 Å². The third kappa shape index (κ3) is 5.44. The lowest BCUT2D eigenvalue weighted by molar-refractivity contribution is -0.105. The van der Waals surface area contributed by atoms with Crippen molar-refractivity contribution in [2.24, 2.45) is 5.73 Å². The first-order valence-corrected chi connectivity index (χ1v) is 13.2. The van der Waals surface area contributed by atoms with Crippen molar-refractivity contribution >= 4 is 40.8 Å². The van der Waals surface area contributed by atoms with Crippen LogP contribution in [0.2, 0.25) is 0 Å². The normalized spacial score (nSPS) is 30.3. The van der Waals surface area contributed by atoms with Crippen LogP contribution in [-0.2, 0) is 27.0 Å². The highest BCUT2D eigenvalue weighted by molar-refractivity contribution is 7.70. The summed E-state index contributed by atoms with van der Waals surface area (Å²) in [4.78, 5) is 40.3. The Bertz CT molecular complexity index is 1150. The Kier molecular flexibility index (Phi) is 6.74. The summed E-state index contributed by atoms with van der Waals surface area (Å²) in [7, 11) is -15.5. The SMILES string of the molecule is C=P(O)(OC[C@@]1(N)O[C@@H](c2ccc3c(N)ncnn23)[C@H](O)[C@@H]1O)OP(=O)(O)OP(=O)(O)O. The molecule has 32 heavy (non-hydrogen) atoms. The van der Waals surface area contributed by atoms with E-state index >= 15 is 0 Å². The predicted molar refractivity (Wildman–Crippen MR) is 106 cm³/mol. The van der Waals surface area contributed by atoms with Crippen LogP contribution in [0.5, 0.6) is 0 Å². The van der Waals surface area contributed by atoms with Crippen molar-refractivity contribution in [2.75, 3.05) is 12.3 Å². The van der Waals surface area contributed by atoms with Gasteiger partial charge in [0.25, 0.3) is 7.57 Å². The number of aliphatic hydroxyl groups is 2. The molecule has 6 atom stereocenters. The van der Waals surface area contributed by atoms with Crippen LogP contribution in [0.15, 0.2) is 18.5 Å². The number of phosphoric acid groups is 2. The molecule has 0 saturated carbocycles. The summed E-state index contributed by atoms with van der Waals surface area (Å²) >= 11 is 0. The summed E-state index contributed by atoms with van der Waals surface area (Å²) in [6.45, 7) is -0.939. The van der Waals surface area contributed by atoms with Gasteiger partial charge in [-0.3, -0.25) is 5.73 Å². The van der Waals surface area contributed by atoms with E-state index in [0.717, 1.165) is 6.33 Å². The number of ether oxygens (including phenoxy) is 1. The maximum absolute atomic E-state index is 11.6. The maximum atomic E-state index is 11.6. The smallest absolute Gasteiger partial charge is 0.387 e. The second kappa shape index (κ2) is 8.51.